The zero-order valence-corrected chi connectivity index (χ0v) is 17.0. The Morgan fingerprint density at radius 3 is 2.41 bits per heavy atom. The minimum absolute atomic E-state index is 0.0124. The van der Waals surface area contributed by atoms with Gasteiger partial charge in [0, 0.05) is 19.6 Å². The highest BCUT2D eigenvalue weighted by molar-refractivity contribution is 7.89. The minimum atomic E-state index is -3.70. The zero-order chi connectivity index (χ0) is 20.2. The molecule has 0 heterocycles. The van der Waals surface area contributed by atoms with Crippen molar-refractivity contribution >= 4 is 27.5 Å². The zero-order valence-electron chi connectivity index (χ0n) is 15.4. The molecule has 0 fully saturated rings. The molecular formula is C19H22ClFN2O3S. The number of benzene rings is 2. The maximum atomic E-state index is 13.3. The molecule has 146 valence electrons. The average molecular weight is 413 g/mol. The Labute approximate surface area is 164 Å². The molecule has 0 aliphatic rings. The van der Waals surface area contributed by atoms with E-state index < -0.39 is 15.9 Å². The van der Waals surface area contributed by atoms with Crippen LogP contribution in [0.2, 0.25) is 5.02 Å². The summed E-state index contributed by atoms with van der Waals surface area (Å²) < 4.78 is 39.9. The second-order valence-electron chi connectivity index (χ2n) is 6.00. The van der Waals surface area contributed by atoms with Crippen molar-refractivity contribution in [3.05, 3.63) is 63.9 Å². The Kier molecular flexibility index (Phi) is 6.97. The summed E-state index contributed by atoms with van der Waals surface area (Å²) in [7, 11) is -3.70. The second-order valence-corrected chi connectivity index (χ2v) is 8.34. The Morgan fingerprint density at radius 2 is 1.81 bits per heavy atom. The number of halogens is 2. The van der Waals surface area contributed by atoms with Gasteiger partial charge in [-0.15, -0.1) is 0 Å². The highest BCUT2D eigenvalue weighted by Crippen LogP contribution is 2.23. The minimum Gasteiger partial charge on any atom is -0.348 e. The Hall–Kier alpha value is -1.96. The van der Waals surface area contributed by atoms with Crippen LogP contribution in [0.4, 0.5) is 4.39 Å². The monoisotopic (exact) mass is 412 g/mol. The van der Waals surface area contributed by atoms with Gasteiger partial charge in [-0.3, -0.25) is 4.79 Å². The average Bonchev–Trinajstić information content (AvgIpc) is 2.63. The van der Waals surface area contributed by atoms with Crippen LogP contribution in [0.15, 0.2) is 41.3 Å². The highest BCUT2D eigenvalue weighted by atomic mass is 35.5. The van der Waals surface area contributed by atoms with Crippen molar-refractivity contribution in [2.75, 3.05) is 13.1 Å². The largest absolute Gasteiger partial charge is 0.348 e. The molecule has 0 aromatic heterocycles. The second kappa shape index (κ2) is 8.82. The molecule has 2 rings (SSSR count). The number of nitrogens with one attached hydrogen (secondary N) is 1. The molecule has 27 heavy (non-hydrogen) atoms. The van der Waals surface area contributed by atoms with Crippen LogP contribution in [-0.4, -0.2) is 31.7 Å². The maximum absolute atomic E-state index is 13.3. The van der Waals surface area contributed by atoms with E-state index in [0.717, 1.165) is 5.56 Å². The van der Waals surface area contributed by atoms with Gasteiger partial charge in [-0.25, -0.2) is 12.8 Å². The van der Waals surface area contributed by atoms with Crippen molar-refractivity contribution in [1.29, 1.82) is 0 Å². The first-order valence-electron chi connectivity index (χ1n) is 8.53. The first-order chi connectivity index (χ1) is 12.7. The van der Waals surface area contributed by atoms with Gasteiger partial charge in [-0.1, -0.05) is 37.6 Å². The number of carbonyl (C=O) groups is 1. The molecule has 0 bridgehead atoms. The summed E-state index contributed by atoms with van der Waals surface area (Å²) in [6.45, 7) is 5.95. The molecule has 1 N–H and O–H groups in total. The van der Waals surface area contributed by atoms with Crippen LogP contribution in [0.5, 0.6) is 0 Å². The maximum Gasteiger partial charge on any atom is 0.253 e. The molecule has 2 aromatic rings. The van der Waals surface area contributed by atoms with Crippen LogP contribution in [0.25, 0.3) is 0 Å². The molecule has 0 radical (unpaired) electrons. The molecule has 1 amide bonds. The number of rotatable bonds is 7. The Morgan fingerprint density at radius 1 is 1.15 bits per heavy atom. The predicted octanol–water partition coefficient (Wildman–Crippen LogP) is 3.75. The van der Waals surface area contributed by atoms with Crippen molar-refractivity contribution in [2.24, 2.45) is 0 Å². The van der Waals surface area contributed by atoms with Gasteiger partial charge in [0.05, 0.1) is 15.5 Å². The Balaban J connectivity index is 2.24. The quantitative estimate of drug-likeness (QED) is 0.753. The predicted molar refractivity (Wildman–Crippen MR) is 104 cm³/mol. The molecule has 8 heteroatoms. The lowest BCUT2D eigenvalue weighted by Gasteiger charge is -2.19. The van der Waals surface area contributed by atoms with Gasteiger partial charge in [0.15, 0.2) is 0 Å². The van der Waals surface area contributed by atoms with Crippen LogP contribution < -0.4 is 5.32 Å². The SMILES string of the molecule is CCN(CC)S(=O)(=O)c1ccc(Cl)c(C(=O)NCc2ccc(F)c(C)c2)c1. The van der Waals surface area contributed by atoms with Gasteiger partial charge < -0.3 is 5.32 Å². The fraction of sp³-hybridized carbons (Fsp3) is 0.316. The summed E-state index contributed by atoms with van der Waals surface area (Å²) in [5.74, 6) is -0.819. The lowest BCUT2D eigenvalue weighted by atomic mass is 10.1. The lowest BCUT2D eigenvalue weighted by molar-refractivity contribution is 0.0951. The molecule has 0 saturated carbocycles. The third kappa shape index (κ3) is 4.86. The number of carbonyl (C=O) groups excluding carboxylic acids is 1. The smallest absolute Gasteiger partial charge is 0.253 e. The standard InChI is InChI=1S/C19H22ClFN2O3S/c1-4-23(5-2)27(25,26)15-7-8-17(20)16(11-15)19(24)22-12-14-6-9-18(21)13(3)10-14/h6-11H,4-5,12H2,1-3H3,(H,22,24). The highest BCUT2D eigenvalue weighted by Gasteiger charge is 2.23. The molecule has 0 saturated heterocycles. The van der Waals surface area contributed by atoms with Crippen molar-refractivity contribution in [3.8, 4) is 0 Å². The third-order valence-corrected chi connectivity index (χ3v) is 6.58. The van der Waals surface area contributed by atoms with Crippen molar-refractivity contribution in [2.45, 2.75) is 32.2 Å². The van der Waals surface area contributed by atoms with Crippen LogP contribution in [0.3, 0.4) is 0 Å². The van der Waals surface area contributed by atoms with Crippen LogP contribution >= 0.6 is 11.6 Å². The van der Waals surface area contributed by atoms with E-state index in [-0.39, 0.29) is 27.8 Å². The topological polar surface area (TPSA) is 66.5 Å². The van der Waals surface area contributed by atoms with Gasteiger partial charge >= 0.3 is 0 Å². The van der Waals surface area contributed by atoms with E-state index in [9.17, 15) is 17.6 Å². The van der Waals surface area contributed by atoms with E-state index in [2.05, 4.69) is 5.32 Å². The summed E-state index contributed by atoms with van der Waals surface area (Å²) >= 11 is 6.10. The normalized spacial score (nSPS) is 11.6. The van der Waals surface area contributed by atoms with Gasteiger partial charge in [0.25, 0.3) is 5.91 Å². The van der Waals surface area contributed by atoms with Crippen molar-refractivity contribution in [3.63, 3.8) is 0 Å². The lowest BCUT2D eigenvalue weighted by Crippen LogP contribution is -2.31. The van der Waals surface area contributed by atoms with Gasteiger partial charge in [0.2, 0.25) is 10.0 Å². The van der Waals surface area contributed by atoms with E-state index >= 15 is 0 Å². The summed E-state index contributed by atoms with van der Waals surface area (Å²) in [6, 6.07) is 8.61. The van der Waals surface area contributed by atoms with E-state index in [1.54, 1.807) is 32.9 Å². The molecule has 2 aromatic carbocycles. The van der Waals surface area contributed by atoms with Crippen LogP contribution in [-0.2, 0) is 16.6 Å². The molecule has 5 nitrogen and oxygen atoms in total. The van der Waals surface area contributed by atoms with Gasteiger partial charge in [-0.2, -0.15) is 4.31 Å². The molecule has 0 aliphatic heterocycles. The van der Waals surface area contributed by atoms with Crippen LogP contribution in [0.1, 0.15) is 35.3 Å². The number of sulfonamides is 1. The number of amides is 1. The fourth-order valence-electron chi connectivity index (χ4n) is 2.65. The molecule has 0 atom stereocenters. The molecule has 0 unspecified atom stereocenters. The third-order valence-electron chi connectivity index (χ3n) is 4.20. The Bertz CT molecular complexity index is 944. The van der Waals surface area contributed by atoms with Crippen LogP contribution in [0, 0.1) is 12.7 Å². The number of hydrogen-bond donors (Lipinski definition) is 1. The van der Waals surface area contributed by atoms with E-state index in [1.807, 2.05) is 0 Å². The number of hydrogen-bond acceptors (Lipinski definition) is 3. The molecular weight excluding hydrogens is 391 g/mol. The van der Waals surface area contributed by atoms with E-state index in [0.29, 0.717) is 18.7 Å². The van der Waals surface area contributed by atoms with Crippen molar-refractivity contribution < 1.29 is 17.6 Å². The number of nitrogens with zero attached hydrogens (tertiary/aromatic N) is 1. The van der Waals surface area contributed by atoms with Crippen molar-refractivity contribution in [1.82, 2.24) is 9.62 Å². The summed E-state index contributed by atoms with van der Waals surface area (Å²) in [5, 5.41) is 2.84. The molecule has 0 aliphatic carbocycles. The fourth-order valence-corrected chi connectivity index (χ4v) is 4.33. The summed E-state index contributed by atoms with van der Waals surface area (Å²) in [4.78, 5) is 12.5. The molecule has 0 spiro atoms. The first-order valence-corrected chi connectivity index (χ1v) is 10.3. The summed E-state index contributed by atoms with van der Waals surface area (Å²) in [5.41, 5.74) is 1.28. The van der Waals surface area contributed by atoms with Gasteiger partial charge in [0.1, 0.15) is 5.82 Å². The first kappa shape index (κ1) is 21.3. The number of aryl methyl sites for hydroxylation is 1. The van der Waals surface area contributed by atoms with E-state index in [4.69, 9.17) is 11.6 Å². The van der Waals surface area contributed by atoms with E-state index in [1.165, 1.54) is 28.6 Å². The summed E-state index contributed by atoms with van der Waals surface area (Å²) in [6.07, 6.45) is 0. The van der Waals surface area contributed by atoms with Gasteiger partial charge in [-0.05, 0) is 42.3 Å².